The Morgan fingerprint density at radius 3 is 2.68 bits per heavy atom. The van der Waals surface area contributed by atoms with Crippen LogP contribution >= 0.6 is 11.6 Å². The Morgan fingerprint density at radius 1 is 1.42 bits per heavy atom. The van der Waals surface area contributed by atoms with E-state index in [1.54, 1.807) is 25.1 Å². The molecule has 19 heavy (non-hydrogen) atoms. The van der Waals surface area contributed by atoms with Crippen LogP contribution in [0.25, 0.3) is 0 Å². The van der Waals surface area contributed by atoms with Crippen molar-refractivity contribution in [3.8, 4) is 0 Å². The van der Waals surface area contributed by atoms with Crippen LogP contribution in [-0.2, 0) is 4.79 Å². The van der Waals surface area contributed by atoms with Crippen molar-refractivity contribution in [3.05, 3.63) is 34.3 Å². The molecule has 1 aromatic rings. The SMILES string of the molecule is Cc1cc(Cl)ccc1C(=O)N1C[C@H](O)C[C@H]1C(=O)O. The third-order valence-corrected chi connectivity index (χ3v) is 3.48. The van der Waals surface area contributed by atoms with Crippen molar-refractivity contribution in [2.75, 3.05) is 6.54 Å². The Hall–Kier alpha value is -1.59. The van der Waals surface area contributed by atoms with Crippen molar-refractivity contribution >= 4 is 23.5 Å². The van der Waals surface area contributed by atoms with E-state index in [0.717, 1.165) is 0 Å². The van der Waals surface area contributed by atoms with Gasteiger partial charge in [0.2, 0.25) is 0 Å². The fourth-order valence-electron chi connectivity index (χ4n) is 2.29. The molecule has 0 radical (unpaired) electrons. The standard InChI is InChI=1S/C13H14ClNO4/c1-7-4-8(14)2-3-10(7)12(17)15-6-9(16)5-11(15)13(18)19/h2-4,9,11,16H,5-6H2,1H3,(H,18,19)/t9-,11+/m1/s1. The van der Waals surface area contributed by atoms with Crippen LogP contribution in [0.1, 0.15) is 22.3 Å². The monoisotopic (exact) mass is 283 g/mol. The zero-order chi connectivity index (χ0) is 14.2. The first-order valence-electron chi connectivity index (χ1n) is 5.88. The summed E-state index contributed by atoms with van der Waals surface area (Å²) in [4.78, 5) is 24.7. The summed E-state index contributed by atoms with van der Waals surface area (Å²) in [7, 11) is 0. The summed E-state index contributed by atoms with van der Waals surface area (Å²) in [5.41, 5.74) is 1.09. The number of carbonyl (C=O) groups excluding carboxylic acids is 1. The van der Waals surface area contributed by atoms with Crippen molar-refractivity contribution in [2.45, 2.75) is 25.5 Å². The summed E-state index contributed by atoms with van der Waals surface area (Å²) >= 11 is 5.82. The molecule has 5 nitrogen and oxygen atoms in total. The number of aryl methyl sites for hydroxylation is 1. The highest BCUT2D eigenvalue weighted by Gasteiger charge is 2.39. The Labute approximate surface area is 115 Å². The number of benzene rings is 1. The maximum absolute atomic E-state index is 12.3. The molecule has 1 fully saturated rings. The minimum atomic E-state index is -1.10. The quantitative estimate of drug-likeness (QED) is 0.858. The van der Waals surface area contributed by atoms with E-state index in [2.05, 4.69) is 0 Å². The van der Waals surface area contributed by atoms with E-state index in [-0.39, 0.29) is 13.0 Å². The number of aliphatic hydroxyl groups is 1. The van der Waals surface area contributed by atoms with Gasteiger partial charge in [-0.1, -0.05) is 11.6 Å². The van der Waals surface area contributed by atoms with Gasteiger partial charge in [-0.3, -0.25) is 4.79 Å². The average Bonchev–Trinajstić information content (AvgIpc) is 2.70. The molecule has 1 amide bonds. The third-order valence-electron chi connectivity index (χ3n) is 3.24. The molecule has 0 unspecified atom stereocenters. The van der Waals surface area contributed by atoms with Gasteiger partial charge in [0.05, 0.1) is 6.10 Å². The number of β-amino-alcohol motifs (C(OH)–C–C–N with tert-alkyl or cyclic N) is 1. The summed E-state index contributed by atoms with van der Waals surface area (Å²) in [6.45, 7) is 1.78. The molecular weight excluding hydrogens is 270 g/mol. The number of carbonyl (C=O) groups is 2. The van der Waals surface area contributed by atoms with E-state index in [1.807, 2.05) is 0 Å². The first kappa shape index (κ1) is 13.8. The Balaban J connectivity index is 2.30. The lowest BCUT2D eigenvalue weighted by molar-refractivity contribution is -0.141. The maximum Gasteiger partial charge on any atom is 0.326 e. The van der Waals surface area contributed by atoms with E-state index in [4.69, 9.17) is 16.7 Å². The number of carboxylic acid groups (broad SMARTS) is 1. The molecular formula is C13H14ClNO4. The highest BCUT2D eigenvalue weighted by molar-refractivity contribution is 6.30. The molecule has 102 valence electrons. The molecule has 6 heteroatoms. The average molecular weight is 284 g/mol. The van der Waals surface area contributed by atoms with E-state index >= 15 is 0 Å². The van der Waals surface area contributed by atoms with Gasteiger partial charge in [-0.2, -0.15) is 0 Å². The second-order valence-corrected chi connectivity index (χ2v) is 5.10. The molecule has 1 aromatic carbocycles. The smallest absolute Gasteiger partial charge is 0.326 e. The molecule has 1 heterocycles. The van der Waals surface area contributed by atoms with Crippen LogP contribution in [-0.4, -0.2) is 45.7 Å². The number of hydrogen-bond donors (Lipinski definition) is 2. The van der Waals surface area contributed by atoms with Crippen LogP contribution in [0.3, 0.4) is 0 Å². The molecule has 0 saturated carbocycles. The van der Waals surface area contributed by atoms with Crippen molar-refractivity contribution in [1.82, 2.24) is 4.90 Å². The fourth-order valence-corrected chi connectivity index (χ4v) is 2.52. The molecule has 2 atom stereocenters. The number of halogens is 1. The summed E-state index contributed by atoms with van der Waals surface area (Å²) in [6, 6.07) is 3.84. The molecule has 1 aliphatic rings. The van der Waals surface area contributed by atoms with Crippen LogP contribution in [0, 0.1) is 6.92 Å². The summed E-state index contributed by atoms with van der Waals surface area (Å²) in [5.74, 6) is -1.49. The number of hydrogen-bond acceptors (Lipinski definition) is 3. The van der Waals surface area contributed by atoms with E-state index in [1.165, 1.54) is 4.90 Å². The molecule has 1 aliphatic heterocycles. The summed E-state index contributed by atoms with van der Waals surface area (Å²) in [6.07, 6.45) is -0.731. The number of rotatable bonds is 2. The highest BCUT2D eigenvalue weighted by atomic mass is 35.5. The van der Waals surface area contributed by atoms with Crippen molar-refractivity contribution < 1.29 is 19.8 Å². The number of nitrogens with zero attached hydrogens (tertiary/aromatic N) is 1. The van der Waals surface area contributed by atoms with Crippen LogP contribution in [0.5, 0.6) is 0 Å². The Morgan fingerprint density at radius 2 is 2.11 bits per heavy atom. The zero-order valence-electron chi connectivity index (χ0n) is 10.3. The molecule has 2 N–H and O–H groups in total. The lowest BCUT2D eigenvalue weighted by Crippen LogP contribution is -2.40. The summed E-state index contributed by atoms with van der Waals surface area (Å²) in [5, 5.41) is 19.2. The van der Waals surface area contributed by atoms with Crippen LogP contribution in [0.4, 0.5) is 0 Å². The second kappa shape index (κ2) is 5.19. The van der Waals surface area contributed by atoms with E-state index in [0.29, 0.717) is 16.1 Å². The number of carboxylic acids is 1. The predicted octanol–water partition coefficient (Wildman–Crippen LogP) is 1.31. The van der Waals surface area contributed by atoms with Gasteiger partial charge in [-0.25, -0.2) is 4.79 Å². The normalized spacial score (nSPS) is 22.6. The topological polar surface area (TPSA) is 77.8 Å². The van der Waals surface area contributed by atoms with Gasteiger partial charge in [-0.15, -0.1) is 0 Å². The number of likely N-dealkylation sites (tertiary alicyclic amines) is 1. The van der Waals surface area contributed by atoms with Gasteiger partial charge in [-0.05, 0) is 30.7 Å². The van der Waals surface area contributed by atoms with Crippen LogP contribution in [0.15, 0.2) is 18.2 Å². The first-order valence-corrected chi connectivity index (χ1v) is 6.26. The minimum absolute atomic E-state index is 0.0396. The van der Waals surface area contributed by atoms with Gasteiger partial charge in [0.1, 0.15) is 6.04 Å². The fraction of sp³-hybridized carbons (Fsp3) is 0.385. The Kier molecular flexibility index (Phi) is 3.78. The Bertz CT molecular complexity index is 531. The van der Waals surface area contributed by atoms with Crippen molar-refractivity contribution in [2.24, 2.45) is 0 Å². The third kappa shape index (κ3) is 2.72. The molecule has 2 rings (SSSR count). The van der Waals surface area contributed by atoms with Crippen LogP contribution in [0.2, 0.25) is 5.02 Å². The first-order chi connectivity index (χ1) is 8.90. The van der Waals surface area contributed by atoms with Gasteiger partial charge in [0.25, 0.3) is 5.91 Å². The molecule has 0 bridgehead atoms. The van der Waals surface area contributed by atoms with Gasteiger partial charge >= 0.3 is 5.97 Å². The van der Waals surface area contributed by atoms with Crippen molar-refractivity contribution in [1.29, 1.82) is 0 Å². The highest BCUT2D eigenvalue weighted by Crippen LogP contribution is 2.23. The minimum Gasteiger partial charge on any atom is -0.480 e. The molecule has 1 saturated heterocycles. The molecule has 0 aromatic heterocycles. The van der Waals surface area contributed by atoms with Gasteiger partial charge < -0.3 is 15.1 Å². The lowest BCUT2D eigenvalue weighted by Gasteiger charge is -2.22. The molecule has 0 aliphatic carbocycles. The van der Waals surface area contributed by atoms with E-state index < -0.39 is 24.0 Å². The zero-order valence-corrected chi connectivity index (χ0v) is 11.1. The van der Waals surface area contributed by atoms with Gasteiger partial charge in [0.15, 0.2) is 0 Å². The van der Waals surface area contributed by atoms with Crippen LogP contribution < -0.4 is 0 Å². The van der Waals surface area contributed by atoms with E-state index in [9.17, 15) is 14.7 Å². The number of aliphatic carboxylic acids is 1. The lowest BCUT2D eigenvalue weighted by atomic mass is 10.1. The largest absolute Gasteiger partial charge is 0.480 e. The van der Waals surface area contributed by atoms with Gasteiger partial charge in [0, 0.05) is 23.6 Å². The second-order valence-electron chi connectivity index (χ2n) is 4.66. The number of aliphatic hydroxyl groups excluding tert-OH is 1. The summed E-state index contributed by atoms with van der Waals surface area (Å²) < 4.78 is 0. The maximum atomic E-state index is 12.3. The predicted molar refractivity (Wildman–Crippen MR) is 69.3 cm³/mol. The van der Waals surface area contributed by atoms with Crippen molar-refractivity contribution in [3.63, 3.8) is 0 Å². The number of amides is 1. The molecule has 0 spiro atoms.